The van der Waals surface area contributed by atoms with E-state index < -0.39 is 23.4 Å². The van der Waals surface area contributed by atoms with Crippen molar-refractivity contribution in [3.63, 3.8) is 0 Å². The number of hydrogen-bond acceptors (Lipinski definition) is 4. The third kappa shape index (κ3) is 3.13. The number of nitrogens with zero attached hydrogens (tertiary/aromatic N) is 2. The standard InChI is InChI=1S/C12H11F4N3O/c1-11(17,6-7-3-2-4-8(13)5-7)9-18-10(20-19-9)12(14,15)16/h2-5H,6,17H2,1H3. The zero-order valence-electron chi connectivity index (χ0n) is 10.4. The summed E-state index contributed by atoms with van der Waals surface area (Å²) in [6.45, 7) is 1.45. The summed E-state index contributed by atoms with van der Waals surface area (Å²) in [7, 11) is 0. The van der Waals surface area contributed by atoms with Crippen LogP contribution >= 0.6 is 0 Å². The van der Waals surface area contributed by atoms with E-state index in [4.69, 9.17) is 5.73 Å². The molecule has 8 heteroatoms. The highest BCUT2D eigenvalue weighted by Gasteiger charge is 2.40. The Morgan fingerprint density at radius 2 is 2.00 bits per heavy atom. The zero-order valence-corrected chi connectivity index (χ0v) is 10.4. The van der Waals surface area contributed by atoms with E-state index in [0.29, 0.717) is 5.56 Å². The highest BCUT2D eigenvalue weighted by Crippen LogP contribution is 2.29. The van der Waals surface area contributed by atoms with Crippen molar-refractivity contribution >= 4 is 0 Å². The summed E-state index contributed by atoms with van der Waals surface area (Å²) in [5, 5.41) is 3.25. The number of halogens is 4. The van der Waals surface area contributed by atoms with Gasteiger partial charge in [-0.05, 0) is 31.0 Å². The average molecular weight is 289 g/mol. The van der Waals surface area contributed by atoms with Crippen LogP contribution in [0.3, 0.4) is 0 Å². The Labute approximate surface area is 111 Å². The van der Waals surface area contributed by atoms with Crippen LogP contribution in [-0.2, 0) is 18.1 Å². The van der Waals surface area contributed by atoms with Crippen molar-refractivity contribution in [1.82, 2.24) is 10.1 Å². The molecule has 2 aromatic rings. The van der Waals surface area contributed by atoms with Gasteiger partial charge in [0.2, 0.25) is 0 Å². The topological polar surface area (TPSA) is 64.9 Å². The van der Waals surface area contributed by atoms with E-state index in [1.54, 1.807) is 6.07 Å². The maximum absolute atomic E-state index is 13.1. The van der Waals surface area contributed by atoms with Gasteiger partial charge in [0.15, 0.2) is 5.82 Å². The van der Waals surface area contributed by atoms with Crippen molar-refractivity contribution in [2.24, 2.45) is 5.73 Å². The Kier molecular flexibility index (Phi) is 3.51. The molecule has 0 aliphatic heterocycles. The number of nitrogens with two attached hydrogens (primary N) is 1. The van der Waals surface area contributed by atoms with Crippen molar-refractivity contribution < 1.29 is 22.1 Å². The molecule has 1 aromatic heterocycles. The van der Waals surface area contributed by atoms with Crippen molar-refractivity contribution in [2.75, 3.05) is 0 Å². The van der Waals surface area contributed by atoms with Crippen LogP contribution < -0.4 is 5.73 Å². The van der Waals surface area contributed by atoms with Gasteiger partial charge in [0.1, 0.15) is 5.82 Å². The Bertz CT molecular complexity index is 607. The third-order valence-electron chi connectivity index (χ3n) is 2.64. The summed E-state index contributed by atoms with van der Waals surface area (Å²) >= 11 is 0. The van der Waals surface area contributed by atoms with Crippen LogP contribution in [0, 0.1) is 5.82 Å². The number of rotatable bonds is 3. The molecular formula is C12H11F4N3O. The fraction of sp³-hybridized carbons (Fsp3) is 0.333. The molecular weight excluding hydrogens is 278 g/mol. The van der Waals surface area contributed by atoms with Gasteiger partial charge in [-0.15, -0.1) is 0 Å². The third-order valence-corrected chi connectivity index (χ3v) is 2.64. The molecule has 0 saturated carbocycles. The number of aromatic nitrogens is 2. The smallest absolute Gasteiger partial charge is 0.329 e. The Hall–Kier alpha value is -1.96. The largest absolute Gasteiger partial charge is 0.471 e. The van der Waals surface area contributed by atoms with Crippen molar-refractivity contribution in [1.29, 1.82) is 0 Å². The van der Waals surface area contributed by atoms with Gasteiger partial charge >= 0.3 is 12.1 Å². The fourth-order valence-corrected chi connectivity index (χ4v) is 1.72. The molecule has 1 heterocycles. The first-order valence-electron chi connectivity index (χ1n) is 5.63. The second kappa shape index (κ2) is 4.86. The lowest BCUT2D eigenvalue weighted by molar-refractivity contribution is -0.159. The monoisotopic (exact) mass is 289 g/mol. The van der Waals surface area contributed by atoms with Crippen LogP contribution in [0.1, 0.15) is 24.2 Å². The lowest BCUT2D eigenvalue weighted by Gasteiger charge is -2.20. The van der Waals surface area contributed by atoms with E-state index in [2.05, 4.69) is 14.7 Å². The maximum Gasteiger partial charge on any atom is 0.471 e. The van der Waals surface area contributed by atoms with Gasteiger partial charge in [0.05, 0.1) is 5.54 Å². The maximum atomic E-state index is 13.1. The molecule has 108 valence electrons. The molecule has 0 fully saturated rings. The molecule has 0 bridgehead atoms. The summed E-state index contributed by atoms with van der Waals surface area (Å²) in [5.41, 5.74) is 5.12. The number of alkyl halides is 3. The molecule has 4 nitrogen and oxygen atoms in total. The summed E-state index contributed by atoms with van der Waals surface area (Å²) in [5.74, 6) is -2.19. The minimum atomic E-state index is -4.72. The first-order chi connectivity index (χ1) is 9.18. The minimum Gasteiger partial charge on any atom is -0.329 e. The Balaban J connectivity index is 2.24. The predicted molar refractivity (Wildman–Crippen MR) is 60.9 cm³/mol. The molecule has 0 saturated heterocycles. The zero-order chi connectivity index (χ0) is 15.0. The molecule has 0 amide bonds. The van der Waals surface area contributed by atoms with Gasteiger partial charge in [0, 0.05) is 0 Å². The molecule has 2 N–H and O–H groups in total. The molecule has 0 aliphatic carbocycles. The number of benzene rings is 1. The molecule has 0 spiro atoms. The average Bonchev–Trinajstić information content (AvgIpc) is 2.77. The molecule has 1 aromatic carbocycles. The minimum absolute atomic E-state index is 0.0710. The lowest BCUT2D eigenvalue weighted by atomic mass is 9.93. The molecule has 2 rings (SSSR count). The summed E-state index contributed by atoms with van der Waals surface area (Å²) < 4.78 is 54.4. The van der Waals surface area contributed by atoms with E-state index in [9.17, 15) is 17.6 Å². The lowest BCUT2D eigenvalue weighted by Crippen LogP contribution is -2.36. The van der Waals surface area contributed by atoms with Crippen LogP contribution in [-0.4, -0.2) is 10.1 Å². The van der Waals surface area contributed by atoms with Crippen molar-refractivity contribution in [3.05, 3.63) is 47.4 Å². The molecule has 1 unspecified atom stereocenters. The van der Waals surface area contributed by atoms with Gasteiger partial charge in [0.25, 0.3) is 0 Å². The first kappa shape index (κ1) is 14.4. The van der Waals surface area contributed by atoms with E-state index in [0.717, 1.165) is 0 Å². The van der Waals surface area contributed by atoms with E-state index >= 15 is 0 Å². The molecule has 0 aliphatic rings. The Morgan fingerprint density at radius 3 is 2.55 bits per heavy atom. The van der Waals surface area contributed by atoms with Crippen molar-refractivity contribution in [2.45, 2.75) is 25.1 Å². The first-order valence-corrected chi connectivity index (χ1v) is 5.63. The fourth-order valence-electron chi connectivity index (χ4n) is 1.72. The van der Waals surface area contributed by atoms with Crippen LogP contribution in [0.4, 0.5) is 17.6 Å². The van der Waals surface area contributed by atoms with Gasteiger partial charge in [-0.3, -0.25) is 0 Å². The quantitative estimate of drug-likeness (QED) is 0.882. The highest BCUT2D eigenvalue weighted by molar-refractivity contribution is 5.20. The second-order valence-corrected chi connectivity index (χ2v) is 4.65. The Morgan fingerprint density at radius 1 is 1.30 bits per heavy atom. The number of hydrogen-bond donors (Lipinski definition) is 1. The summed E-state index contributed by atoms with van der Waals surface area (Å²) in [6.07, 6.45) is -4.65. The summed E-state index contributed by atoms with van der Waals surface area (Å²) in [4.78, 5) is 3.25. The van der Waals surface area contributed by atoms with Gasteiger partial charge in [-0.2, -0.15) is 18.2 Å². The van der Waals surface area contributed by atoms with E-state index in [-0.39, 0.29) is 12.2 Å². The SMILES string of the molecule is CC(N)(Cc1cccc(F)c1)c1noc(C(F)(F)F)n1. The van der Waals surface area contributed by atoms with Gasteiger partial charge in [-0.1, -0.05) is 17.3 Å². The van der Waals surface area contributed by atoms with Gasteiger partial charge in [-0.25, -0.2) is 4.39 Å². The predicted octanol–water partition coefficient (Wildman–Crippen LogP) is 2.64. The molecule has 20 heavy (non-hydrogen) atoms. The second-order valence-electron chi connectivity index (χ2n) is 4.65. The van der Waals surface area contributed by atoms with Crippen LogP contribution in [0.2, 0.25) is 0 Å². The van der Waals surface area contributed by atoms with Crippen LogP contribution in [0.25, 0.3) is 0 Å². The van der Waals surface area contributed by atoms with Crippen LogP contribution in [0.5, 0.6) is 0 Å². The highest BCUT2D eigenvalue weighted by atomic mass is 19.4. The van der Waals surface area contributed by atoms with Gasteiger partial charge < -0.3 is 10.3 Å². The van der Waals surface area contributed by atoms with Crippen LogP contribution in [0.15, 0.2) is 28.8 Å². The summed E-state index contributed by atoms with van der Waals surface area (Å²) in [6, 6.07) is 5.60. The molecule has 0 radical (unpaired) electrons. The van der Waals surface area contributed by atoms with E-state index in [1.165, 1.54) is 25.1 Å². The van der Waals surface area contributed by atoms with E-state index in [1.807, 2.05) is 0 Å². The normalized spacial score (nSPS) is 15.1. The molecule has 1 atom stereocenters. The van der Waals surface area contributed by atoms with Crippen molar-refractivity contribution in [3.8, 4) is 0 Å².